The van der Waals surface area contributed by atoms with E-state index >= 15 is 4.39 Å². The van der Waals surface area contributed by atoms with Crippen LogP contribution in [-0.4, -0.2) is 115 Å². The van der Waals surface area contributed by atoms with E-state index in [1.807, 2.05) is 39.9 Å². The maximum absolute atomic E-state index is 16.6. The molecule has 5 aromatic rings. The Morgan fingerprint density at radius 1 is 1.06 bits per heavy atom. The Hall–Kier alpha value is -4.39. The zero-order valence-electron chi connectivity index (χ0n) is 35.4. The van der Waals surface area contributed by atoms with E-state index in [0.29, 0.717) is 11.1 Å². The topological polar surface area (TPSA) is 294 Å². The molecule has 0 radical (unpaired) electrons. The van der Waals surface area contributed by atoms with Crippen molar-refractivity contribution < 1.29 is 65.6 Å². The van der Waals surface area contributed by atoms with Crippen LogP contribution in [0, 0.1) is 11.3 Å². The summed E-state index contributed by atoms with van der Waals surface area (Å²) in [7, 11) is -6.09. The summed E-state index contributed by atoms with van der Waals surface area (Å²) >= 11 is 5.99. The van der Waals surface area contributed by atoms with Crippen LogP contribution in [-0.2, 0) is 53.4 Å². The summed E-state index contributed by atoms with van der Waals surface area (Å²) in [6, 6.07) is 15.2. The van der Waals surface area contributed by atoms with E-state index in [-0.39, 0.29) is 46.3 Å². The lowest BCUT2D eigenvalue weighted by molar-refractivity contribution is -0.210. The Morgan fingerprint density at radius 3 is 2.51 bits per heavy atom. The Bertz CT molecular complexity index is 2590. The molecule has 2 unspecified atom stereocenters. The van der Waals surface area contributed by atoms with Crippen molar-refractivity contribution >= 4 is 69.0 Å². The molecule has 0 saturated carbocycles. The third kappa shape index (κ3) is 10.4. The lowest BCUT2D eigenvalue weighted by Gasteiger charge is -2.41. The maximum atomic E-state index is 16.6. The van der Waals surface area contributed by atoms with E-state index in [1.165, 1.54) is 15.6 Å². The molecule has 5 N–H and O–H groups in total. The van der Waals surface area contributed by atoms with Crippen LogP contribution in [0.4, 0.5) is 10.2 Å². The van der Waals surface area contributed by atoms with Crippen molar-refractivity contribution in [2.45, 2.75) is 94.5 Å². The van der Waals surface area contributed by atoms with Gasteiger partial charge in [-0.1, -0.05) is 55.2 Å². The minimum Gasteiger partial charge on any atom is -0.408 e. The van der Waals surface area contributed by atoms with Crippen LogP contribution in [0.25, 0.3) is 22.2 Å². The zero-order valence-corrected chi connectivity index (χ0v) is 39.0. The van der Waals surface area contributed by atoms with Crippen molar-refractivity contribution in [3.63, 3.8) is 0 Å². The van der Waals surface area contributed by atoms with Gasteiger partial charge in [0.2, 0.25) is 0 Å². The average molecular weight is 980 g/mol. The number of ether oxygens (including phenoxy) is 2. The second-order valence-corrected chi connectivity index (χ2v) is 24.6. The van der Waals surface area contributed by atoms with Gasteiger partial charge < -0.3 is 38.3 Å². The molecule has 2 aliphatic rings. The summed E-state index contributed by atoms with van der Waals surface area (Å²) in [6.45, 7) is 4.47. The lowest BCUT2D eigenvalue weighted by Crippen LogP contribution is -2.50. The smallest absolute Gasteiger partial charge is 0.408 e. The summed E-state index contributed by atoms with van der Waals surface area (Å²) in [5, 5.41) is 31.0. The first-order valence-corrected chi connectivity index (χ1v) is 26.5. The fourth-order valence-corrected chi connectivity index (χ4v) is 10.7. The van der Waals surface area contributed by atoms with Gasteiger partial charge in [-0.25, -0.2) is 24.0 Å². The number of fused-ring (bicyclic) bond motifs is 2. The first kappa shape index (κ1) is 48.5. The molecule has 7 rings (SSSR count). The number of rotatable bonds is 19. The molecule has 5 heterocycles. The van der Waals surface area contributed by atoms with Crippen molar-refractivity contribution in [3.8, 4) is 11.8 Å². The monoisotopic (exact) mass is 979 g/mol. The van der Waals surface area contributed by atoms with E-state index < -0.39 is 91.6 Å². The predicted molar refractivity (Wildman–Crippen MR) is 231 cm³/mol. The quantitative estimate of drug-likeness (QED) is 0.0284. The number of nitrogens with zero attached hydrogens (tertiary/aromatic N) is 8. The van der Waals surface area contributed by atoms with Crippen molar-refractivity contribution in [2.24, 2.45) is 5.90 Å². The van der Waals surface area contributed by atoms with Crippen molar-refractivity contribution in [1.29, 1.82) is 5.26 Å². The zero-order chi connectivity index (χ0) is 46.7. The number of amides is 1. The number of nitriles is 1. The molecule has 348 valence electrons. The Kier molecular flexibility index (Phi) is 15.1. The van der Waals surface area contributed by atoms with E-state index in [1.54, 1.807) is 48.5 Å². The van der Waals surface area contributed by atoms with E-state index in [0.717, 1.165) is 6.33 Å². The molecular weight excluding hydrogens is 934 g/mol. The van der Waals surface area contributed by atoms with Crippen molar-refractivity contribution in [1.82, 2.24) is 34.5 Å². The molecule has 23 nitrogen and oxygen atoms in total. The number of carbonyl (C=O) groups is 1. The van der Waals surface area contributed by atoms with Gasteiger partial charge in [-0.3, -0.25) is 13.9 Å². The number of hydrogen-bond acceptors (Lipinski definition) is 20. The summed E-state index contributed by atoms with van der Waals surface area (Å²) in [4.78, 5) is 45.0. The van der Waals surface area contributed by atoms with Crippen LogP contribution in [0.15, 0.2) is 61.2 Å². The van der Waals surface area contributed by atoms with Gasteiger partial charge in [-0.15, -0.1) is 14.5 Å². The van der Waals surface area contributed by atoms with Crippen LogP contribution in [0.1, 0.15) is 50.0 Å². The summed E-state index contributed by atoms with van der Waals surface area (Å²) in [5.74, 6) is 4.84. The first-order valence-electron chi connectivity index (χ1n) is 19.9. The summed E-state index contributed by atoms with van der Waals surface area (Å²) in [6.07, 6.45) is -9.22. The van der Waals surface area contributed by atoms with Crippen molar-refractivity contribution in [3.05, 3.63) is 66.7 Å². The number of imidazole rings is 1. The fraction of sp³-hybridized carbons (Fsp3) is 0.486. The molecule has 2 aromatic carbocycles. The molecular formula is C37H46FN10O13P2SSi+. The standard InChI is InChI=1S/C37H45FN10O13P2SSi/c1-37(2,3)65(4,5)60-30-24(17-49)55-36(48-22-13-9-14-23(57-61-40)27(22)45-46-48)31(30)59-63(64,53-16-10-15-39)54-18-25-29(58-62(51)52)26(38)35(56-25)47-20-43-28-32(41-19-42-33(28)47)44-34(50)21-11-7-6-8-12-21/h6-9,11-14,19-20,24-26,29-31,35-36,49H,10,16-18,40H2,1-5H3,(H-,41,42,44,50,51,52)/p+1/t24-,25-,26-,29-,30-,31-,35-,36-,63?/m1/s1. The fourth-order valence-electron chi connectivity index (χ4n) is 6.86. The van der Waals surface area contributed by atoms with Crippen LogP contribution < -0.4 is 16.1 Å². The number of benzene rings is 2. The largest absolute Gasteiger partial charge is 0.695 e. The number of anilines is 1. The van der Waals surface area contributed by atoms with E-state index in [9.17, 15) is 24.6 Å². The van der Waals surface area contributed by atoms with Gasteiger partial charge in [0.05, 0.1) is 44.2 Å². The van der Waals surface area contributed by atoms with Gasteiger partial charge in [0, 0.05) is 10.1 Å². The SMILES string of the molecule is CC(C)(C)[Si](C)(C)O[C@H]1[C@@H](OP(=S)(OCCC#N)OC[C@H]2O[C@@H](n3cnc4c(NC(=O)c5ccccc5)ncnc43)[C@H](F)[C@@H]2O[P+](=O)O)[C@H](n2nnc3c(OON)cccc32)O[C@@H]1CO. The van der Waals surface area contributed by atoms with Crippen LogP contribution in [0.5, 0.6) is 5.75 Å². The molecule has 0 bridgehead atoms. The summed E-state index contributed by atoms with van der Waals surface area (Å²) < 4.78 is 74.7. The predicted octanol–water partition coefficient (Wildman–Crippen LogP) is 4.81. The third-order valence-corrected chi connectivity index (χ3v) is 18.3. The van der Waals surface area contributed by atoms with Gasteiger partial charge in [0.25, 0.3) is 5.91 Å². The Balaban J connectivity index is 1.20. The molecule has 10 atom stereocenters. The molecule has 2 saturated heterocycles. The number of aliphatic hydroxyl groups excluding tert-OH is 1. The molecule has 65 heavy (non-hydrogen) atoms. The van der Waals surface area contributed by atoms with E-state index in [4.69, 9.17) is 54.6 Å². The Labute approximate surface area is 377 Å². The molecule has 2 fully saturated rings. The molecule has 1 amide bonds. The normalized spacial score (nSPS) is 24.8. The highest BCUT2D eigenvalue weighted by atomic mass is 32.5. The minimum absolute atomic E-state index is 0.0280. The maximum Gasteiger partial charge on any atom is 0.695 e. The van der Waals surface area contributed by atoms with Crippen LogP contribution in [0.2, 0.25) is 18.1 Å². The van der Waals surface area contributed by atoms with Crippen LogP contribution >= 0.6 is 15.0 Å². The molecule has 28 heteroatoms. The number of halogens is 1. The molecule has 0 spiro atoms. The van der Waals surface area contributed by atoms with Crippen LogP contribution in [0.3, 0.4) is 0 Å². The molecule has 3 aromatic heterocycles. The van der Waals surface area contributed by atoms with Gasteiger partial charge in [-0.05, 0) is 54.2 Å². The van der Waals surface area contributed by atoms with Gasteiger partial charge in [-0.2, -0.15) is 11.2 Å². The lowest BCUT2D eigenvalue weighted by atomic mass is 10.1. The second kappa shape index (κ2) is 20.2. The summed E-state index contributed by atoms with van der Waals surface area (Å²) in [5.41, 5.74) is 1.08. The first-order chi connectivity index (χ1) is 31.0. The highest BCUT2D eigenvalue weighted by molar-refractivity contribution is 8.07. The van der Waals surface area contributed by atoms with Crippen molar-refractivity contribution in [2.75, 3.05) is 25.1 Å². The third-order valence-electron chi connectivity index (χ3n) is 11.0. The van der Waals surface area contributed by atoms with E-state index in [2.05, 4.69) is 35.6 Å². The minimum atomic E-state index is -4.14. The Morgan fingerprint density at radius 2 is 1.82 bits per heavy atom. The number of alkyl halides is 1. The number of nitrogens with two attached hydrogens (primary N) is 1. The number of aromatic nitrogens is 7. The van der Waals surface area contributed by atoms with Gasteiger partial charge >= 0.3 is 15.0 Å². The highest BCUT2D eigenvalue weighted by Gasteiger charge is 2.55. The van der Waals surface area contributed by atoms with Gasteiger partial charge in [0.1, 0.15) is 30.7 Å². The molecule has 0 aliphatic carbocycles. The number of carbonyl (C=O) groups excluding carboxylic acids is 1. The number of hydrogen-bond donors (Lipinski definition) is 4. The van der Waals surface area contributed by atoms with Gasteiger partial charge in [0.15, 0.2) is 61.3 Å². The average Bonchev–Trinajstić information content (AvgIpc) is 4.04. The number of nitrogens with one attached hydrogen (secondary N) is 1. The number of aliphatic hydroxyl groups is 1. The second-order valence-electron chi connectivity index (χ2n) is 16.2. The molecule has 2 aliphatic heterocycles. The highest BCUT2D eigenvalue weighted by Crippen LogP contribution is 2.56.